The van der Waals surface area contributed by atoms with E-state index in [-0.39, 0.29) is 0 Å². The Bertz CT molecular complexity index is 1140. The first-order valence-electron chi connectivity index (χ1n) is 9.20. The predicted octanol–water partition coefficient (Wildman–Crippen LogP) is 3.48. The van der Waals surface area contributed by atoms with Gasteiger partial charge in [0.25, 0.3) is 0 Å². The third-order valence-electron chi connectivity index (χ3n) is 4.14. The van der Waals surface area contributed by atoms with E-state index in [4.69, 9.17) is 11.3 Å². The summed E-state index contributed by atoms with van der Waals surface area (Å²) in [4.78, 5) is 11.9. The second kappa shape index (κ2) is 8.74. The van der Waals surface area contributed by atoms with Gasteiger partial charge in [-0.15, -0.1) is 0 Å². The molecule has 3 N–H and O–H groups in total. The van der Waals surface area contributed by atoms with E-state index in [1.807, 2.05) is 37.3 Å². The Balaban J connectivity index is 1.32. The van der Waals surface area contributed by atoms with Crippen molar-refractivity contribution in [1.82, 2.24) is 29.9 Å². The number of benzene rings is 1. The summed E-state index contributed by atoms with van der Waals surface area (Å²) in [6, 6.07) is 12.9. The fourth-order valence-corrected chi connectivity index (χ4v) is 2.73. The number of hydrogen-bond acceptors (Lipinski definition) is 7. The van der Waals surface area contributed by atoms with Crippen molar-refractivity contribution in [2.75, 3.05) is 23.8 Å². The van der Waals surface area contributed by atoms with Crippen molar-refractivity contribution in [2.24, 2.45) is 0 Å². The molecule has 0 aliphatic rings. The van der Waals surface area contributed by atoms with Gasteiger partial charge in [-0.05, 0) is 43.3 Å². The molecule has 0 radical (unpaired) electrons. The predicted molar refractivity (Wildman–Crippen MR) is 112 cm³/mol. The number of anilines is 3. The summed E-state index contributed by atoms with van der Waals surface area (Å²) >= 11 is 0. The molecule has 10 nitrogen and oxygen atoms in total. The van der Waals surface area contributed by atoms with Crippen LogP contribution in [0.15, 0.2) is 55.1 Å². The summed E-state index contributed by atoms with van der Waals surface area (Å²) in [6.45, 7) is 10.2. The molecule has 0 aliphatic heterocycles. The third-order valence-corrected chi connectivity index (χ3v) is 4.14. The number of nitrogens with zero attached hydrogens (tertiary/aromatic N) is 6. The fourth-order valence-electron chi connectivity index (χ4n) is 2.73. The molecular formula is C20H19N9O. The fraction of sp³-hybridized carbons (Fsp3) is 0.150. The first-order chi connectivity index (χ1) is 14.7. The average molecular weight is 401 g/mol. The van der Waals surface area contributed by atoms with Gasteiger partial charge in [0.1, 0.15) is 36.6 Å². The lowest BCUT2D eigenvalue weighted by Crippen LogP contribution is -2.12. The Morgan fingerprint density at radius 3 is 2.73 bits per heavy atom. The molecule has 0 aliphatic carbocycles. The van der Waals surface area contributed by atoms with Crippen LogP contribution in [0.4, 0.5) is 23.1 Å². The zero-order valence-electron chi connectivity index (χ0n) is 16.2. The van der Waals surface area contributed by atoms with E-state index in [1.165, 1.54) is 6.33 Å². The minimum atomic E-state index is 0.415. The van der Waals surface area contributed by atoms with Gasteiger partial charge in [-0.3, -0.25) is 5.10 Å². The van der Waals surface area contributed by atoms with Crippen molar-refractivity contribution in [2.45, 2.75) is 6.92 Å². The molecule has 0 fully saturated rings. The van der Waals surface area contributed by atoms with Crippen LogP contribution in [0.3, 0.4) is 0 Å². The normalized spacial score (nSPS) is 10.4. The molecular weight excluding hydrogens is 382 g/mol. The summed E-state index contributed by atoms with van der Waals surface area (Å²) in [5.74, 6) is 2.50. The number of rotatable bonds is 8. The van der Waals surface area contributed by atoms with Gasteiger partial charge < -0.3 is 15.4 Å². The highest BCUT2D eigenvalue weighted by atomic mass is 16.5. The molecule has 3 heterocycles. The number of pyridine rings is 1. The molecule has 10 heteroatoms. The molecule has 4 aromatic rings. The highest BCUT2D eigenvalue weighted by Gasteiger charge is 2.07. The van der Waals surface area contributed by atoms with Crippen LogP contribution in [0, 0.1) is 13.5 Å². The maximum atomic E-state index is 7.34. The number of aromatic nitrogens is 6. The standard InChI is InChI=1S/C20H19N9O/c1-14-11-19(28-27-14)25-18-8-7-17(21-2)20(26-18)23-9-10-30-16-5-3-15(4-6-16)29-13-22-12-24-29/h3-8,11-13H,9-10H2,1H3,(H3,23,25,26,27,28). The number of nitrogens with one attached hydrogen (secondary N) is 3. The van der Waals surface area contributed by atoms with Gasteiger partial charge >= 0.3 is 0 Å². The second-order valence-corrected chi connectivity index (χ2v) is 6.35. The van der Waals surface area contributed by atoms with Crippen LogP contribution in [0.2, 0.25) is 0 Å². The molecule has 0 bridgehead atoms. The van der Waals surface area contributed by atoms with Crippen LogP contribution in [0.5, 0.6) is 5.75 Å². The van der Waals surface area contributed by atoms with Crippen LogP contribution in [0.1, 0.15) is 5.69 Å². The number of ether oxygens (including phenoxy) is 1. The number of aromatic amines is 1. The van der Waals surface area contributed by atoms with Crippen LogP contribution in [0.25, 0.3) is 10.5 Å². The highest BCUT2D eigenvalue weighted by molar-refractivity contribution is 5.69. The molecule has 0 unspecified atom stereocenters. The second-order valence-electron chi connectivity index (χ2n) is 6.35. The van der Waals surface area contributed by atoms with E-state index < -0.39 is 0 Å². The van der Waals surface area contributed by atoms with Crippen LogP contribution in [-0.2, 0) is 0 Å². The number of hydrogen-bond donors (Lipinski definition) is 3. The van der Waals surface area contributed by atoms with Crippen LogP contribution >= 0.6 is 0 Å². The molecule has 150 valence electrons. The summed E-state index contributed by atoms with van der Waals surface area (Å²) in [5, 5.41) is 17.4. The SMILES string of the molecule is [C-]#[N+]c1ccc(Nc2cc(C)[nH]n2)nc1NCCOc1ccc(-n2cncn2)cc1. The van der Waals surface area contributed by atoms with E-state index in [2.05, 4.69) is 40.7 Å². The van der Waals surface area contributed by atoms with Gasteiger partial charge in [0.2, 0.25) is 5.69 Å². The van der Waals surface area contributed by atoms with Crippen molar-refractivity contribution < 1.29 is 4.74 Å². The lowest BCUT2D eigenvalue weighted by molar-refractivity contribution is 0.332. The summed E-state index contributed by atoms with van der Waals surface area (Å²) in [5.41, 5.74) is 2.29. The molecule has 4 rings (SSSR count). The van der Waals surface area contributed by atoms with E-state index in [0.29, 0.717) is 36.3 Å². The molecule has 1 aromatic carbocycles. The zero-order chi connectivity index (χ0) is 20.8. The Hall–Kier alpha value is -4.39. The van der Waals surface area contributed by atoms with E-state index in [1.54, 1.807) is 23.1 Å². The highest BCUT2D eigenvalue weighted by Crippen LogP contribution is 2.26. The van der Waals surface area contributed by atoms with Crippen molar-refractivity contribution in [1.29, 1.82) is 0 Å². The molecule has 0 saturated heterocycles. The Kier molecular flexibility index (Phi) is 5.52. The van der Waals surface area contributed by atoms with Gasteiger partial charge in [0, 0.05) is 18.3 Å². The average Bonchev–Trinajstić information content (AvgIpc) is 3.44. The quantitative estimate of drug-likeness (QED) is 0.306. The lowest BCUT2D eigenvalue weighted by atomic mass is 10.3. The van der Waals surface area contributed by atoms with Crippen LogP contribution in [-0.4, -0.2) is 43.1 Å². The topological polar surface area (TPSA) is 110 Å². The maximum absolute atomic E-state index is 7.34. The van der Waals surface area contributed by atoms with Crippen molar-refractivity contribution in [3.05, 3.63) is 72.2 Å². The molecule has 0 saturated carbocycles. The minimum Gasteiger partial charge on any atom is -0.492 e. The van der Waals surface area contributed by atoms with Crippen molar-refractivity contribution in [3.8, 4) is 11.4 Å². The summed E-state index contributed by atoms with van der Waals surface area (Å²) < 4.78 is 7.43. The van der Waals surface area contributed by atoms with E-state index >= 15 is 0 Å². The van der Waals surface area contributed by atoms with Gasteiger partial charge in [-0.1, -0.05) is 0 Å². The first kappa shape index (κ1) is 18.9. The van der Waals surface area contributed by atoms with Gasteiger partial charge in [0.15, 0.2) is 5.82 Å². The Morgan fingerprint density at radius 2 is 2.03 bits per heavy atom. The largest absolute Gasteiger partial charge is 0.492 e. The molecule has 0 spiro atoms. The Labute approximate surface area is 172 Å². The van der Waals surface area contributed by atoms with E-state index in [0.717, 1.165) is 17.1 Å². The monoisotopic (exact) mass is 401 g/mol. The minimum absolute atomic E-state index is 0.415. The van der Waals surface area contributed by atoms with Crippen molar-refractivity contribution in [3.63, 3.8) is 0 Å². The third kappa shape index (κ3) is 4.53. The molecule has 0 amide bonds. The van der Waals surface area contributed by atoms with Crippen molar-refractivity contribution >= 4 is 23.1 Å². The molecule has 0 atom stereocenters. The van der Waals surface area contributed by atoms with Gasteiger partial charge in [-0.2, -0.15) is 10.2 Å². The molecule has 30 heavy (non-hydrogen) atoms. The number of H-pyrrole nitrogens is 1. The number of aryl methyl sites for hydroxylation is 1. The lowest BCUT2D eigenvalue weighted by Gasteiger charge is -2.11. The Morgan fingerprint density at radius 1 is 1.17 bits per heavy atom. The first-order valence-corrected chi connectivity index (χ1v) is 9.20. The maximum Gasteiger partial charge on any atom is 0.228 e. The smallest absolute Gasteiger partial charge is 0.228 e. The van der Waals surface area contributed by atoms with Gasteiger partial charge in [0.05, 0.1) is 12.3 Å². The van der Waals surface area contributed by atoms with E-state index in [9.17, 15) is 0 Å². The van der Waals surface area contributed by atoms with Gasteiger partial charge in [-0.25, -0.2) is 19.5 Å². The summed E-state index contributed by atoms with van der Waals surface area (Å²) in [7, 11) is 0. The zero-order valence-corrected chi connectivity index (χ0v) is 16.2. The summed E-state index contributed by atoms with van der Waals surface area (Å²) in [6.07, 6.45) is 3.12. The molecule has 3 aromatic heterocycles. The van der Waals surface area contributed by atoms with Crippen LogP contribution < -0.4 is 15.4 Å².